The van der Waals surface area contributed by atoms with E-state index in [-0.39, 0.29) is 0 Å². The van der Waals surface area contributed by atoms with E-state index in [1.807, 2.05) is 24.8 Å². The fraction of sp³-hybridized carbons (Fsp3) is 0.545. The van der Waals surface area contributed by atoms with Crippen molar-refractivity contribution in [3.63, 3.8) is 0 Å². The number of anilines is 1. The summed E-state index contributed by atoms with van der Waals surface area (Å²) < 4.78 is 6.92. The fourth-order valence-electron chi connectivity index (χ4n) is 2.02. The van der Waals surface area contributed by atoms with E-state index < -0.39 is 0 Å². The minimum atomic E-state index is 0.391. The van der Waals surface area contributed by atoms with Gasteiger partial charge in [0.2, 0.25) is 0 Å². The van der Waals surface area contributed by atoms with Gasteiger partial charge in [-0.1, -0.05) is 0 Å². The first kappa shape index (κ1) is 12.0. The largest absolute Gasteiger partial charge is 0.378 e. The summed E-state index contributed by atoms with van der Waals surface area (Å²) >= 11 is 0. The predicted octanol–water partition coefficient (Wildman–Crippen LogP) is -0.0943. The number of aryl methyl sites for hydroxylation is 2. The number of hydrogen-bond donors (Lipinski definition) is 0. The highest BCUT2D eigenvalue weighted by molar-refractivity contribution is 5.27. The average molecular weight is 261 g/mol. The van der Waals surface area contributed by atoms with Gasteiger partial charge < -0.3 is 9.64 Å². The van der Waals surface area contributed by atoms with Crippen LogP contribution in [0.4, 0.5) is 5.95 Å². The highest BCUT2D eigenvalue weighted by Crippen LogP contribution is 2.09. The van der Waals surface area contributed by atoms with Crippen LogP contribution in [0.15, 0.2) is 6.07 Å². The van der Waals surface area contributed by atoms with Crippen molar-refractivity contribution in [2.24, 2.45) is 0 Å². The second kappa shape index (κ2) is 4.88. The maximum Gasteiger partial charge on any atom is 0.289 e. The third kappa shape index (κ3) is 2.39. The van der Waals surface area contributed by atoms with Crippen LogP contribution in [0.25, 0.3) is 5.95 Å². The third-order valence-corrected chi connectivity index (χ3v) is 2.95. The van der Waals surface area contributed by atoms with E-state index in [1.165, 1.54) is 0 Å². The molecule has 1 aliphatic heterocycles. The average Bonchev–Trinajstić information content (AvgIpc) is 2.79. The molecule has 0 N–H and O–H groups in total. The molecule has 2 aromatic heterocycles. The summed E-state index contributed by atoms with van der Waals surface area (Å²) in [5.41, 5.74) is 1.87. The molecule has 0 amide bonds. The zero-order valence-corrected chi connectivity index (χ0v) is 10.9. The van der Waals surface area contributed by atoms with E-state index in [0.29, 0.717) is 25.1 Å². The minimum Gasteiger partial charge on any atom is -0.378 e. The van der Waals surface area contributed by atoms with E-state index in [9.17, 15) is 0 Å². The monoisotopic (exact) mass is 261 g/mol. The molecular weight excluding hydrogens is 246 g/mol. The minimum absolute atomic E-state index is 0.391. The number of ether oxygens (including phenoxy) is 1. The zero-order valence-electron chi connectivity index (χ0n) is 10.9. The summed E-state index contributed by atoms with van der Waals surface area (Å²) in [6.45, 7) is 6.77. The van der Waals surface area contributed by atoms with Crippen LogP contribution in [0.1, 0.15) is 11.4 Å². The molecule has 0 aromatic carbocycles. The molecule has 0 saturated carbocycles. The number of morpholine rings is 1. The van der Waals surface area contributed by atoms with Crippen LogP contribution in [0.3, 0.4) is 0 Å². The Morgan fingerprint density at radius 1 is 1.00 bits per heavy atom. The smallest absolute Gasteiger partial charge is 0.289 e. The van der Waals surface area contributed by atoms with Crippen LogP contribution in [0.5, 0.6) is 0 Å². The van der Waals surface area contributed by atoms with Gasteiger partial charge in [0.05, 0.1) is 18.9 Å². The number of rotatable bonds is 2. The standard InChI is InChI=1S/C11H15N7O/c1-8-7-9(2)18(16-8)11-14-12-10(13-15-11)17-3-5-19-6-4-17/h7H,3-6H2,1-2H3. The summed E-state index contributed by atoms with van der Waals surface area (Å²) in [7, 11) is 0. The Kier molecular flexibility index (Phi) is 3.08. The van der Waals surface area contributed by atoms with Crippen molar-refractivity contribution < 1.29 is 4.74 Å². The molecule has 0 bridgehead atoms. The molecular formula is C11H15N7O. The predicted molar refractivity (Wildman–Crippen MR) is 67.3 cm³/mol. The van der Waals surface area contributed by atoms with E-state index in [2.05, 4.69) is 25.5 Å². The molecule has 1 fully saturated rings. The second-order valence-corrected chi connectivity index (χ2v) is 4.44. The summed E-state index contributed by atoms with van der Waals surface area (Å²) in [4.78, 5) is 2.01. The maximum absolute atomic E-state index is 5.28. The van der Waals surface area contributed by atoms with Gasteiger partial charge in [0.25, 0.3) is 11.9 Å². The highest BCUT2D eigenvalue weighted by Gasteiger charge is 2.15. The van der Waals surface area contributed by atoms with Crippen LogP contribution < -0.4 is 4.90 Å². The van der Waals surface area contributed by atoms with E-state index in [0.717, 1.165) is 24.5 Å². The number of hydrogen-bond acceptors (Lipinski definition) is 7. The molecule has 0 radical (unpaired) electrons. The molecule has 8 nitrogen and oxygen atoms in total. The van der Waals surface area contributed by atoms with Gasteiger partial charge >= 0.3 is 0 Å². The van der Waals surface area contributed by atoms with Gasteiger partial charge in [0.1, 0.15) is 0 Å². The van der Waals surface area contributed by atoms with E-state index in [4.69, 9.17) is 4.74 Å². The molecule has 2 aromatic rings. The lowest BCUT2D eigenvalue weighted by molar-refractivity contribution is 0.122. The Morgan fingerprint density at radius 3 is 2.21 bits per heavy atom. The Bertz CT molecular complexity index is 559. The molecule has 3 heterocycles. The van der Waals surface area contributed by atoms with Crippen LogP contribution in [0, 0.1) is 13.8 Å². The Labute approximate surface area is 110 Å². The van der Waals surface area contributed by atoms with Crippen molar-refractivity contribution >= 4 is 5.95 Å². The molecule has 8 heteroatoms. The Morgan fingerprint density at radius 2 is 1.63 bits per heavy atom. The Balaban J connectivity index is 1.84. The van der Waals surface area contributed by atoms with Crippen LogP contribution in [-0.4, -0.2) is 56.5 Å². The highest BCUT2D eigenvalue weighted by atomic mass is 16.5. The molecule has 3 rings (SSSR count). The van der Waals surface area contributed by atoms with Gasteiger partial charge in [-0.15, -0.1) is 20.4 Å². The number of nitrogens with zero attached hydrogens (tertiary/aromatic N) is 7. The molecule has 0 unspecified atom stereocenters. The molecule has 1 saturated heterocycles. The van der Waals surface area contributed by atoms with Gasteiger partial charge in [-0.25, -0.2) is 4.68 Å². The van der Waals surface area contributed by atoms with Gasteiger partial charge in [-0.3, -0.25) is 0 Å². The summed E-state index contributed by atoms with van der Waals surface area (Å²) in [6.07, 6.45) is 0. The van der Waals surface area contributed by atoms with Gasteiger partial charge in [-0.05, 0) is 19.9 Å². The normalized spacial score (nSPS) is 15.8. The molecule has 0 spiro atoms. The first-order valence-corrected chi connectivity index (χ1v) is 6.18. The summed E-state index contributed by atoms with van der Waals surface area (Å²) in [5, 5.41) is 20.7. The lowest BCUT2D eigenvalue weighted by atomic mass is 10.4. The fourth-order valence-corrected chi connectivity index (χ4v) is 2.02. The number of aromatic nitrogens is 6. The maximum atomic E-state index is 5.28. The second-order valence-electron chi connectivity index (χ2n) is 4.44. The summed E-state index contributed by atoms with van der Waals surface area (Å²) in [6, 6.07) is 1.96. The van der Waals surface area contributed by atoms with Crippen molar-refractivity contribution in [3.05, 3.63) is 17.5 Å². The van der Waals surface area contributed by atoms with Crippen LogP contribution in [0.2, 0.25) is 0 Å². The topological polar surface area (TPSA) is 81.9 Å². The van der Waals surface area contributed by atoms with Crippen molar-refractivity contribution in [2.45, 2.75) is 13.8 Å². The van der Waals surface area contributed by atoms with Crippen molar-refractivity contribution in [2.75, 3.05) is 31.2 Å². The zero-order chi connectivity index (χ0) is 13.2. The molecule has 1 aliphatic rings. The Hall–Kier alpha value is -2.09. The van der Waals surface area contributed by atoms with Crippen LogP contribution >= 0.6 is 0 Å². The third-order valence-electron chi connectivity index (χ3n) is 2.95. The van der Waals surface area contributed by atoms with Gasteiger partial charge in [0.15, 0.2) is 0 Å². The molecule has 19 heavy (non-hydrogen) atoms. The SMILES string of the molecule is Cc1cc(C)n(-c2nnc(N3CCOCC3)nn2)n1. The van der Waals surface area contributed by atoms with Crippen molar-refractivity contribution in [3.8, 4) is 5.95 Å². The summed E-state index contributed by atoms with van der Waals surface area (Å²) in [5.74, 6) is 0.927. The van der Waals surface area contributed by atoms with Crippen molar-refractivity contribution in [1.82, 2.24) is 30.2 Å². The quantitative estimate of drug-likeness (QED) is 0.747. The lowest BCUT2D eigenvalue weighted by Crippen LogP contribution is -2.37. The molecule has 0 atom stereocenters. The van der Waals surface area contributed by atoms with E-state index >= 15 is 0 Å². The van der Waals surface area contributed by atoms with Gasteiger partial charge in [0, 0.05) is 18.8 Å². The lowest BCUT2D eigenvalue weighted by Gasteiger charge is -2.25. The van der Waals surface area contributed by atoms with Crippen molar-refractivity contribution in [1.29, 1.82) is 0 Å². The van der Waals surface area contributed by atoms with Gasteiger partial charge in [-0.2, -0.15) is 5.10 Å². The van der Waals surface area contributed by atoms with E-state index in [1.54, 1.807) is 4.68 Å². The first-order chi connectivity index (χ1) is 9.24. The molecule has 0 aliphatic carbocycles. The molecule has 100 valence electrons. The first-order valence-electron chi connectivity index (χ1n) is 6.18. The van der Waals surface area contributed by atoms with Crippen LogP contribution in [-0.2, 0) is 4.74 Å².